The molecule has 0 aromatic heterocycles. The number of nitrogens with zero attached hydrogens (tertiary/aromatic N) is 2. The maximum absolute atomic E-state index is 13.4. The van der Waals surface area contributed by atoms with Gasteiger partial charge in [0.15, 0.2) is 0 Å². The fourth-order valence-corrected chi connectivity index (χ4v) is 4.10. The van der Waals surface area contributed by atoms with Crippen LogP contribution in [0.5, 0.6) is 0 Å². The molecule has 2 heterocycles. The summed E-state index contributed by atoms with van der Waals surface area (Å²) in [5, 5.41) is 0. The van der Waals surface area contributed by atoms with Crippen LogP contribution in [-0.2, 0) is 9.53 Å². The molecule has 2 aliphatic heterocycles. The van der Waals surface area contributed by atoms with E-state index < -0.39 is 0 Å². The van der Waals surface area contributed by atoms with Gasteiger partial charge in [0.1, 0.15) is 5.82 Å². The first-order valence-corrected chi connectivity index (χ1v) is 9.43. The Hall–Kier alpha value is -1.46. The number of likely N-dealkylation sites (tertiary alicyclic amines) is 1. The highest BCUT2D eigenvalue weighted by Gasteiger charge is 2.38. The van der Waals surface area contributed by atoms with Crippen LogP contribution in [0.1, 0.15) is 38.2 Å². The number of ether oxygens (including phenoxy) is 1. The Morgan fingerprint density at radius 1 is 1.32 bits per heavy atom. The average Bonchev–Trinajstić information content (AvgIpc) is 3.07. The van der Waals surface area contributed by atoms with Crippen LogP contribution in [-0.4, -0.2) is 61.1 Å². The van der Waals surface area contributed by atoms with Gasteiger partial charge in [-0.3, -0.25) is 9.69 Å². The molecule has 0 bridgehead atoms. The van der Waals surface area contributed by atoms with Gasteiger partial charge in [0.05, 0.1) is 13.2 Å². The average molecular weight is 348 g/mol. The lowest BCUT2D eigenvalue weighted by atomic mass is 9.97. The van der Waals surface area contributed by atoms with Crippen LogP contribution in [0.25, 0.3) is 0 Å². The van der Waals surface area contributed by atoms with Crippen molar-refractivity contribution in [3.63, 3.8) is 0 Å². The number of hydrogen-bond donors (Lipinski definition) is 0. The summed E-state index contributed by atoms with van der Waals surface area (Å²) in [6.07, 6.45) is 1.53. The van der Waals surface area contributed by atoms with Gasteiger partial charge in [-0.05, 0) is 29.5 Å². The number of hydrogen-bond acceptors (Lipinski definition) is 3. The minimum absolute atomic E-state index is 0.0331. The smallest absolute Gasteiger partial charge is 0.223 e. The summed E-state index contributed by atoms with van der Waals surface area (Å²) in [6.45, 7) is 9.36. The molecule has 5 heteroatoms. The van der Waals surface area contributed by atoms with Crippen molar-refractivity contribution in [2.45, 2.75) is 38.6 Å². The van der Waals surface area contributed by atoms with E-state index in [2.05, 4.69) is 11.8 Å². The predicted octanol–water partition coefficient (Wildman–Crippen LogP) is 2.89. The van der Waals surface area contributed by atoms with E-state index >= 15 is 0 Å². The third kappa shape index (κ3) is 4.39. The van der Waals surface area contributed by atoms with Crippen LogP contribution < -0.4 is 0 Å². The molecule has 4 nitrogen and oxygen atoms in total. The lowest BCUT2D eigenvalue weighted by Crippen LogP contribution is -2.47. The molecule has 1 aromatic carbocycles. The van der Waals surface area contributed by atoms with Crippen LogP contribution in [0.3, 0.4) is 0 Å². The SMILES string of the molecule is CC[C@@H]1CN(C(=O)C[C@@H](C)c2cccc(F)c2)C[C@@H]1N1CCOCC1. The highest BCUT2D eigenvalue weighted by molar-refractivity contribution is 5.77. The van der Waals surface area contributed by atoms with E-state index in [9.17, 15) is 9.18 Å². The first kappa shape index (κ1) is 18.3. The second-order valence-corrected chi connectivity index (χ2v) is 7.34. The van der Waals surface area contributed by atoms with Gasteiger partial charge in [0.2, 0.25) is 5.91 Å². The Morgan fingerprint density at radius 3 is 2.76 bits per heavy atom. The van der Waals surface area contributed by atoms with Crippen LogP contribution >= 0.6 is 0 Å². The molecule has 25 heavy (non-hydrogen) atoms. The fraction of sp³-hybridized carbons (Fsp3) is 0.650. The number of rotatable bonds is 5. The van der Waals surface area contributed by atoms with Crippen LogP contribution in [0.4, 0.5) is 4.39 Å². The summed E-state index contributed by atoms with van der Waals surface area (Å²) < 4.78 is 18.9. The molecule has 0 spiro atoms. The summed E-state index contributed by atoms with van der Waals surface area (Å²) in [5.74, 6) is 0.514. The fourth-order valence-electron chi connectivity index (χ4n) is 4.10. The summed E-state index contributed by atoms with van der Waals surface area (Å²) in [4.78, 5) is 17.3. The molecule has 3 rings (SSSR count). The van der Waals surface area contributed by atoms with Crippen molar-refractivity contribution >= 4 is 5.91 Å². The molecule has 2 saturated heterocycles. The first-order valence-electron chi connectivity index (χ1n) is 9.43. The lowest BCUT2D eigenvalue weighted by molar-refractivity contribution is -0.130. The van der Waals surface area contributed by atoms with Crippen LogP contribution in [0.15, 0.2) is 24.3 Å². The van der Waals surface area contributed by atoms with Crippen molar-refractivity contribution in [2.24, 2.45) is 5.92 Å². The zero-order chi connectivity index (χ0) is 17.8. The number of amides is 1. The van der Waals surface area contributed by atoms with Crippen molar-refractivity contribution in [1.29, 1.82) is 0 Å². The minimum Gasteiger partial charge on any atom is -0.379 e. The topological polar surface area (TPSA) is 32.8 Å². The van der Waals surface area contributed by atoms with E-state index in [1.807, 2.05) is 17.9 Å². The molecule has 0 N–H and O–H groups in total. The summed E-state index contributed by atoms with van der Waals surface area (Å²) in [6, 6.07) is 7.03. The maximum Gasteiger partial charge on any atom is 0.223 e. The molecule has 138 valence electrons. The van der Waals surface area contributed by atoms with Crippen molar-refractivity contribution in [3.8, 4) is 0 Å². The van der Waals surface area contributed by atoms with Crippen molar-refractivity contribution < 1.29 is 13.9 Å². The third-order valence-electron chi connectivity index (χ3n) is 5.70. The second kappa shape index (κ2) is 8.28. The predicted molar refractivity (Wildman–Crippen MR) is 96.0 cm³/mol. The van der Waals surface area contributed by atoms with Crippen molar-refractivity contribution in [3.05, 3.63) is 35.6 Å². The summed E-state index contributed by atoms with van der Waals surface area (Å²) >= 11 is 0. The monoisotopic (exact) mass is 348 g/mol. The summed E-state index contributed by atoms with van der Waals surface area (Å²) in [7, 11) is 0. The lowest BCUT2D eigenvalue weighted by Gasteiger charge is -2.34. The maximum atomic E-state index is 13.4. The molecule has 0 aliphatic carbocycles. The second-order valence-electron chi connectivity index (χ2n) is 7.34. The number of morpholine rings is 1. The molecule has 1 amide bonds. The van der Waals surface area contributed by atoms with Crippen LogP contribution in [0, 0.1) is 11.7 Å². The number of benzene rings is 1. The van der Waals surface area contributed by atoms with E-state index in [4.69, 9.17) is 4.74 Å². The Balaban J connectivity index is 1.60. The Morgan fingerprint density at radius 2 is 2.08 bits per heavy atom. The third-order valence-corrected chi connectivity index (χ3v) is 5.70. The van der Waals surface area contributed by atoms with E-state index in [0.29, 0.717) is 18.4 Å². The van der Waals surface area contributed by atoms with E-state index in [1.165, 1.54) is 12.1 Å². The Labute approximate surface area is 149 Å². The van der Waals surface area contributed by atoms with Gasteiger partial charge >= 0.3 is 0 Å². The highest BCUT2D eigenvalue weighted by atomic mass is 19.1. The van der Waals surface area contributed by atoms with Gasteiger partial charge in [-0.2, -0.15) is 0 Å². The van der Waals surface area contributed by atoms with Gasteiger partial charge in [-0.25, -0.2) is 4.39 Å². The molecule has 0 unspecified atom stereocenters. The van der Waals surface area contributed by atoms with Gasteiger partial charge in [-0.15, -0.1) is 0 Å². The number of carbonyl (C=O) groups is 1. The van der Waals surface area contributed by atoms with Gasteiger partial charge in [-0.1, -0.05) is 32.4 Å². The van der Waals surface area contributed by atoms with E-state index in [1.54, 1.807) is 6.07 Å². The van der Waals surface area contributed by atoms with Gasteiger partial charge in [0, 0.05) is 38.6 Å². The molecule has 0 saturated carbocycles. The Bertz CT molecular complexity index is 589. The molecule has 0 radical (unpaired) electrons. The Kier molecular flexibility index (Phi) is 6.07. The van der Waals surface area contributed by atoms with E-state index in [-0.39, 0.29) is 17.6 Å². The zero-order valence-electron chi connectivity index (χ0n) is 15.3. The summed E-state index contributed by atoms with van der Waals surface area (Å²) in [5.41, 5.74) is 0.893. The van der Waals surface area contributed by atoms with E-state index in [0.717, 1.165) is 51.4 Å². The number of carbonyl (C=O) groups excluding carboxylic acids is 1. The normalized spacial score (nSPS) is 26.0. The quantitative estimate of drug-likeness (QED) is 0.820. The van der Waals surface area contributed by atoms with Gasteiger partial charge < -0.3 is 9.64 Å². The zero-order valence-corrected chi connectivity index (χ0v) is 15.3. The highest BCUT2D eigenvalue weighted by Crippen LogP contribution is 2.28. The molecular formula is C20H29FN2O2. The largest absolute Gasteiger partial charge is 0.379 e. The minimum atomic E-state index is -0.239. The molecular weight excluding hydrogens is 319 g/mol. The molecule has 3 atom stereocenters. The van der Waals surface area contributed by atoms with Crippen molar-refractivity contribution in [1.82, 2.24) is 9.80 Å². The molecule has 2 aliphatic rings. The first-order chi connectivity index (χ1) is 12.1. The molecule has 1 aromatic rings. The van der Waals surface area contributed by atoms with Crippen molar-refractivity contribution in [2.75, 3.05) is 39.4 Å². The standard InChI is InChI=1S/C20H29FN2O2/c1-3-16-13-23(14-19(16)22-7-9-25-10-8-22)20(24)11-15(2)17-5-4-6-18(21)12-17/h4-6,12,15-16,19H,3,7-11,13-14H2,1-2H3/t15-,16-,19+/m1/s1. The van der Waals surface area contributed by atoms with Gasteiger partial charge in [0.25, 0.3) is 0 Å². The number of halogens is 1. The molecule has 2 fully saturated rings. The van der Waals surface area contributed by atoms with Crippen LogP contribution in [0.2, 0.25) is 0 Å².